The van der Waals surface area contributed by atoms with Crippen LogP contribution in [-0.2, 0) is 11.3 Å². The Balaban J connectivity index is 1.33. The number of fused-ring (bicyclic) bond motifs is 1. The topological polar surface area (TPSA) is 107 Å². The van der Waals surface area contributed by atoms with Crippen LogP contribution in [0.2, 0.25) is 0 Å². The number of nitro groups is 1. The van der Waals surface area contributed by atoms with Crippen molar-refractivity contribution in [3.63, 3.8) is 0 Å². The van der Waals surface area contributed by atoms with E-state index in [-0.39, 0.29) is 35.0 Å². The van der Waals surface area contributed by atoms with Gasteiger partial charge in [0.2, 0.25) is 5.91 Å². The normalized spacial score (nSPS) is 30.4. The van der Waals surface area contributed by atoms with E-state index in [4.69, 9.17) is 0 Å². The average molecular weight is 410 g/mol. The van der Waals surface area contributed by atoms with Crippen LogP contribution in [0.25, 0.3) is 10.9 Å². The molecular weight excluding hydrogens is 384 g/mol. The minimum absolute atomic E-state index is 0.0728. The van der Waals surface area contributed by atoms with Crippen LogP contribution in [0, 0.1) is 33.3 Å². The first-order valence-corrected chi connectivity index (χ1v) is 10.8. The maximum atomic E-state index is 12.8. The largest absolute Gasteiger partial charge is 0.352 e. The number of hydrogen-bond donors (Lipinski definition) is 1. The van der Waals surface area contributed by atoms with E-state index >= 15 is 0 Å². The van der Waals surface area contributed by atoms with Crippen LogP contribution >= 0.6 is 0 Å². The fourth-order valence-corrected chi connectivity index (χ4v) is 6.68. The van der Waals surface area contributed by atoms with Crippen molar-refractivity contribution >= 4 is 22.5 Å². The Kier molecular flexibility index (Phi) is 4.41. The second kappa shape index (κ2) is 6.89. The Bertz CT molecular complexity index is 1060. The molecule has 1 aromatic heterocycles. The van der Waals surface area contributed by atoms with E-state index in [2.05, 4.69) is 17.2 Å². The van der Waals surface area contributed by atoms with Crippen molar-refractivity contribution in [2.45, 2.75) is 58.0 Å². The Labute approximate surface area is 173 Å². The van der Waals surface area contributed by atoms with Gasteiger partial charge in [0.05, 0.1) is 22.2 Å². The predicted octanol–water partition coefficient (Wildman–Crippen LogP) is 3.03. The van der Waals surface area contributed by atoms with Crippen LogP contribution in [0.5, 0.6) is 0 Å². The molecule has 1 heterocycles. The van der Waals surface area contributed by atoms with Crippen LogP contribution < -0.4 is 10.9 Å². The summed E-state index contributed by atoms with van der Waals surface area (Å²) in [6, 6.07) is 4.06. The van der Waals surface area contributed by atoms with Crippen LogP contribution in [0.4, 0.5) is 5.69 Å². The monoisotopic (exact) mass is 410 g/mol. The molecule has 1 atom stereocenters. The third-order valence-electron chi connectivity index (χ3n) is 7.71. The van der Waals surface area contributed by atoms with E-state index in [0.717, 1.165) is 17.8 Å². The van der Waals surface area contributed by atoms with Gasteiger partial charge >= 0.3 is 0 Å². The van der Waals surface area contributed by atoms with Gasteiger partial charge in [-0.25, -0.2) is 4.98 Å². The van der Waals surface area contributed by atoms with Gasteiger partial charge in [0.1, 0.15) is 6.54 Å². The summed E-state index contributed by atoms with van der Waals surface area (Å²) in [5, 5.41) is 14.3. The number of nitrogens with zero attached hydrogens (tertiary/aromatic N) is 3. The molecule has 0 saturated heterocycles. The van der Waals surface area contributed by atoms with Crippen molar-refractivity contribution in [3.8, 4) is 0 Å². The van der Waals surface area contributed by atoms with Crippen LogP contribution in [-0.4, -0.2) is 26.4 Å². The van der Waals surface area contributed by atoms with E-state index in [1.807, 2.05) is 0 Å². The second-order valence-electron chi connectivity index (χ2n) is 9.71. The van der Waals surface area contributed by atoms with E-state index in [0.29, 0.717) is 5.52 Å². The highest BCUT2D eigenvalue weighted by Gasteiger charge is 2.53. The van der Waals surface area contributed by atoms with Gasteiger partial charge in [-0.15, -0.1) is 0 Å². The summed E-state index contributed by atoms with van der Waals surface area (Å²) >= 11 is 0. The van der Waals surface area contributed by atoms with Crippen molar-refractivity contribution in [2.75, 3.05) is 0 Å². The maximum absolute atomic E-state index is 12.8. The van der Waals surface area contributed by atoms with Crippen molar-refractivity contribution in [1.82, 2.24) is 14.9 Å². The van der Waals surface area contributed by atoms with Crippen LogP contribution in [0.15, 0.2) is 29.3 Å². The molecule has 0 unspecified atom stereocenters. The smallest absolute Gasteiger partial charge is 0.270 e. The number of nitro benzene ring substituents is 1. The van der Waals surface area contributed by atoms with Gasteiger partial charge in [0.25, 0.3) is 11.2 Å². The molecule has 4 fully saturated rings. The molecule has 8 heteroatoms. The fourth-order valence-electron chi connectivity index (χ4n) is 6.68. The van der Waals surface area contributed by atoms with Gasteiger partial charge in [-0.3, -0.25) is 24.3 Å². The second-order valence-corrected chi connectivity index (χ2v) is 9.71. The Morgan fingerprint density at radius 1 is 1.27 bits per heavy atom. The van der Waals surface area contributed by atoms with Gasteiger partial charge in [-0.2, -0.15) is 0 Å². The SMILES string of the molecule is C[C@@H](NC(=O)Cn1cnc2ccc([N+](=O)[O-])cc2c1=O)C12CC3CC(CC(C3)C1)C2. The summed E-state index contributed by atoms with van der Waals surface area (Å²) in [5.74, 6) is 2.20. The van der Waals surface area contributed by atoms with Gasteiger partial charge in [-0.05, 0) is 74.7 Å². The zero-order valence-electron chi connectivity index (χ0n) is 17.0. The Hall–Kier alpha value is -2.77. The van der Waals surface area contributed by atoms with Crippen molar-refractivity contribution in [1.29, 1.82) is 0 Å². The Morgan fingerprint density at radius 2 is 1.90 bits per heavy atom. The third kappa shape index (κ3) is 3.18. The molecule has 30 heavy (non-hydrogen) atoms. The molecular formula is C22H26N4O4. The molecule has 0 spiro atoms. The predicted molar refractivity (Wildman–Crippen MR) is 111 cm³/mol. The van der Waals surface area contributed by atoms with Crippen molar-refractivity contribution < 1.29 is 9.72 Å². The maximum Gasteiger partial charge on any atom is 0.270 e. The quantitative estimate of drug-likeness (QED) is 0.602. The summed E-state index contributed by atoms with van der Waals surface area (Å²) < 4.78 is 1.23. The molecule has 4 aliphatic rings. The summed E-state index contributed by atoms with van der Waals surface area (Å²) in [5.41, 5.74) is -0.0398. The molecule has 4 bridgehead atoms. The van der Waals surface area contributed by atoms with Gasteiger partial charge in [0, 0.05) is 18.2 Å². The highest BCUT2D eigenvalue weighted by molar-refractivity contribution is 5.81. The first-order chi connectivity index (χ1) is 14.3. The lowest BCUT2D eigenvalue weighted by Gasteiger charge is -2.59. The molecule has 1 aromatic carbocycles. The standard InChI is InChI=1S/C22H26N4O4/c1-13(22-8-14-4-15(9-22)6-16(5-14)10-22)24-20(27)11-25-12-23-19-3-2-17(26(29)30)7-18(19)21(25)28/h2-3,7,12-16H,4-6,8-11H2,1H3,(H,24,27)/t13-,14?,15?,16?,22?/m1/s1. The lowest BCUT2D eigenvalue weighted by atomic mass is 9.48. The van der Waals surface area contributed by atoms with E-state index in [1.165, 1.54) is 67.6 Å². The van der Waals surface area contributed by atoms with E-state index in [9.17, 15) is 19.7 Å². The van der Waals surface area contributed by atoms with Crippen molar-refractivity contribution in [2.24, 2.45) is 23.2 Å². The van der Waals surface area contributed by atoms with E-state index < -0.39 is 10.5 Å². The number of carbonyl (C=O) groups excluding carboxylic acids is 1. The molecule has 2 aromatic rings. The van der Waals surface area contributed by atoms with Gasteiger partial charge in [0.15, 0.2) is 0 Å². The number of nitrogens with one attached hydrogen (secondary N) is 1. The lowest BCUT2D eigenvalue weighted by Crippen LogP contribution is -2.56. The zero-order valence-corrected chi connectivity index (χ0v) is 17.0. The number of rotatable bonds is 5. The van der Waals surface area contributed by atoms with Crippen molar-refractivity contribution in [3.05, 3.63) is 45.0 Å². The van der Waals surface area contributed by atoms with E-state index in [1.54, 1.807) is 0 Å². The number of amides is 1. The minimum atomic E-state index is -0.546. The molecule has 4 saturated carbocycles. The average Bonchev–Trinajstić information content (AvgIpc) is 2.69. The molecule has 0 radical (unpaired) electrons. The highest BCUT2D eigenvalue weighted by Crippen LogP contribution is 2.61. The number of carbonyl (C=O) groups is 1. The van der Waals surface area contributed by atoms with Gasteiger partial charge < -0.3 is 5.32 Å². The van der Waals surface area contributed by atoms with Crippen LogP contribution in [0.3, 0.4) is 0 Å². The number of aromatic nitrogens is 2. The summed E-state index contributed by atoms with van der Waals surface area (Å²) in [7, 11) is 0. The molecule has 158 valence electrons. The van der Waals surface area contributed by atoms with Gasteiger partial charge in [-0.1, -0.05) is 0 Å². The lowest BCUT2D eigenvalue weighted by molar-refractivity contribution is -0.384. The summed E-state index contributed by atoms with van der Waals surface area (Å²) in [4.78, 5) is 40.2. The number of non-ortho nitro benzene ring substituents is 1. The molecule has 4 aliphatic carbocycles. The number of benzene rings is 1. The molecule has 6 rings (SSSR count). The Morgan fingerprint density at radius 3 is 2.50 bits per heavy atom. The summed E-state index contributed by atoms with van der Waals surface area (Å²) in [6.45, 7) is 1.97. The minimum Gasteiger partial charge on any atom is -0.352 e. The third-order valence-corrected chi connectivity index (χ3v) is 7.71. The fraction of sp³-hybridized carbons (Fsp3) is 0.591. The van der Waals surface area contributed by atoms with Crippen LogP contribution in [0.1, 0.15) is 45.4 Å². The molecule has 1 N–H and O–H groups in total. The number of hydrogen-bond acceptors (Lipinski definition) is 5. The first-order valence-electron chi connectivity index (χ1n) is 10.8. The molecule has 1 amide bonds. The molecule has 8 nitrogen and oxygen atoms in total. The highest BCUT2D eigenvalue weighted by atomic mass is 16.6. The molecule has 0 aliphatic heterocycles. The first kappa shape index (κ1) is 19.2. The zero-order chi connectivity index (χ0) is 21.0. The summed E-state index contributed by atoms with van der Waals surface area (Å²) in [6.07, 6.45) is 8.98.